The van der Waals surface area contributed by atoms with Gasteiger partial charge in [-0.15, -0.1) is 0 Å². The molecule has 0 saturated heterocycles. The number of anilines is 1. The summed E-state index contributed by atoms with van der Waals surface area (Å²) in [4.78, 5) is 34.5. The predicted molar refractivity (Wildman–Crippen MR) is 115 cm³/mol. The lowest BCUT2D eigenvalue weighted by Crippen LogP contribution is -2.25. The number of amidine groups is 1. The van der Waals surface area contributed by atoms with Gasteiger partial charge in [0.1, 0.15) is 5.92 Å². The Labute approximate surface area is 176 Å². The fourth-order valence-electron chi connectivity index (χ4n) is 3.40. The van der Waals surface area contributed by atoms with Gasteiger partial charge in [-0.2, -0.15) is 4.99 Å². The summed E-state index contributed by atoms with van der Waals surface area (Å²) >= 11 is 2.68. The van der Waals surface area contributed by atoms with Crippen molar-refractivity contribution in [3.8, 4) is 0 Å². The van der Waals surface area contributed by atoms with Gasteiger partial charge in [0.15, 0.2) is 5.17 Å². The van der Waals surface area contributed by atoms with Gasteiger partial charge in [-0.1, -0.05) is 23.5 Å². The molecule has 0 bridgehead atoms. The van der Waals surface area contributed by atoms with Gasteiger partial charge in [-0.25, -0.2) is 18.5 Å². The molecule has 0 fully saturated rings. The van der Waals surface area contributed by atoms with Crippen LogP contribution < -0.4 is 10.5 Å². The van der Waals surface area contributed by atoms with Gasteiger partial charge in [-0.05, 0) is 60.4 Å². The number of hydrogen-bond acceptors (Lipinski definition) is 7. The summed E-state index contributed by atoms with van der Waals surface area (Å²) in [5.41, 5.74) is 1.62. The quantitative estimate of drug-likeness (QED) is 0.724. The molecule has 1 aromatic rings. The zero-order valence-corrected chi connectivity index (χ0v) is 17.7. The number of carbonyl (C=O) groups is 2. The van der Waals surface area contributed by atoms with E-state index in [2.05, 4.69) is 15.3 Å². The van der Waals surface area contributed by atoms with Crippen LogP contribution in [0.15, 0.2) is 49.6 Å². The highest BCUT2D eigenvalue weighted by atomic mass is 32.2. The Morgan fingerprint density at radius 1 is 1.21 bits per heavy atom. The number of sulfonamides is 1. The van der Waals surface area contributed by atoms with Gasteiger partial charge < -0.3 is 5.32 Å². The van der Waals surface area contributed by atoms with Gasteiger partial charge in [0.2, 0.25) is 15.9 Å². The number of primary sulfonamides is 1. The number of aliphatic imine (C=N–C) groups is 2. The number of thioether (sulfide) groups is 2. The second kappa shape index (κ2) is 8.05. The molecule has 152 valence electrons. The molecular formula is C18H18N4O4S3. The second-order valence-corrected chi connectivity index (χ2v) is 10.4. The number of amides is 2. The van der Waals surface area contributed by atoms with Gasteiger partial charge in [0, 0.05) is 5.69 Å². The molecular weight excluding hydrogens is 432 g/mol. The zero-order chi connectivity index (χ0) is 20.6. The average molecular weight is 451 g/mol. The highest BCUT2D eigenvalue weighted by Gasteiger charge is 2.40. The van der Waals surface area contributed by atoms with E-state index in [-0.39, 0.29) is 28.4 Å². The summed E-state index contributed by atoms with van der Waals surface area (Å²) in [5, 5.41) is 8.79. The molecule has 0 radical (unpaired) electrons. The third-order valence-electron chi connectivity index (χ3n) is 4.74. The molecule has 2 aliphatic heterocycles. The van der Waals surface area contributed by atoms with Crippen molar-refractivity contribution in [2.24, 2.45) is 21.0 Å². The van der Waals surface area contributed by atoms with Crippen molar-refractivity contribution < 1.29 is 18.0 Å². The Morgan fingerprint density at radius 2 is 1.93 bits per heavy atom. The van der Waals surface area contributed by atoms with Crippen LogP contribution in [0.4, 0.5) is 5.69 Å². The van der Waals surface area contributed by atoms with E-state index in [1.807, 2.05) is 0 Å². The Morgan fingerprint density at radius 3 is 2.66 bits per heavy atom. The number of fused-ring (bicyclic) bond motifs is 2. The molecule has 29 heavy (non-hydrogen) atoms. The standard InChI is InChI=1S/C18H18N4O4S3/c19-29(25,26)11-7-5-10(6-8-11)20-14(23)9-27-18-21-16(24)15-12-3-1-2-4-13(12)28-17(15)22-18/h5-8,15H,1-4,9H2,(H,20,23)(H2,19,25,26). The van der Waals surface area contributed by atoms with E-state index in [0.717, 1.165) is 42.5 Å². The number of hydrogen-bond donors (Lipinski definition) is 2. The van der Waals surface area contributed by atoms with Crippen LogP contribution in [-0.2, 0) is 19.6 Å². The number of benzene rings is 1. The maximum atomic E-state index is 12.5. The summed E-state index contributed by atoms with van der Waals surface area (Å²) in [6.07, 6.45) is 4.17. The highest BCUT2D eigenvalue weighted by molar-refractivity contribution is 8.18. The molecule has 3 aliphatic rings. The van der Waals surface area contributed by atoms with Crippen molar-refractivity contribution in [2.75, 3.05) is 11.1 Å². The fourth-order valence-corrected chi connectivity index (χ4v) is 5.96. The van der Waals surface area contributed by atoms with E-state index in [4.69, 9.17) is 5.14 Å². The van der Waals surface area contributed by atoms with Crippen molar-refractivity contribution >= 4 is 61.3 Å². The van der Waals surface area contributed by atoms with Crippen molar-refractivity contribution in [2.45, 2.75) is 30.6 Å². The van der Waals surface area contributed by atoms with Gasteiger partial charge in [0.05, 0.1) is 15.7 Å². The van der Waals surface area contributed by atoms with Crippen LogP contribution in [0.25, 0.3) is 0 Å². The lowest BCUT2D eigenvalue weighted by atomic mass is 9.89. The van der Waals surface area contributed by atoms with Crippen molar-refractivity contribution in [1.82, 2.24) is 0 Å². The Balaban J connectivity index is 1.35. The lowest BCUT2D eigenvalue weighted by Gasteiger charge is -2.18. The molecule has 2 amide bonds. The number of nitrogens with one attached hydrogen (secondary N) is 1. The van der Waals surface area contributed by atoms with Gasteiger partial charge in [0.25, 0.3) is 5.91 Å². The third-order valence-corrected chi connectivity index (χ3v) is 7.76. The molecule has 1 unspecified atom stereocenters. The van der Waals surface area contributed by atoms with Crippen LogP contribution in [0.3, 0.4) is 0 Å². The molecule has 1 atom stereocenters. The monoisotopic (exact) mass is 450 g/mol. The first-order valence-electron chi connectivity index (χ1n) is 8.97. The first kappa shape index (κ1) is 20.3. The van der Waals surface area contributed by atoms with E-state index >= 15 is 0 Å². The van der Waals surface area contributed by atoms with Gasteiger partial charge >= 0.3 is 0 Å². The minimum absolute atomic E-state index is 0.0301. The van der Waals surface area contributed by atoms with Crippen LogP contribution in [0.1, 0.15) is 25.7 Å². The summed E-state index contributed by atoms with van der Waals surface area (Å²) < 4.78 is 22.5. The molecule has 1 aliphatic carbocycles. The van der Waals surface area contributed by atoms with Crippen molar-refractivity contribution in [3.63, 3.8) is 0 Å². The summed E-state index contributed by atoms with van der Waals surface area (Å²) in [6.45, 7) is 0. The smallest absolute Gasteiger partial charge is 0.262 e. The first-order valence-corrected chi connectivity index (χ1v) is 12.3. The summed E-state index contributed by atoms with van der Waals surface area (Å²) in [5.74, 6) is -0.795. The molecule has 0 aromatic heterocycles. The summed E-state index contributed by atoms with van der Waals surface area (Å²) in [7, 11) is -3.78. The molecule has 11 heteroatoms. The van der Waals surface area contributed by atoms with E-state index in [1.165, 1.54) is 34.7 Å². The third kappa shape index (κ3) is 4.47. The number of nitrogens with two attached hydrogens (primary N) is 1. The van der Waals surface area contributed by atoms with Crippen molar-refractivity contribution in [3.05, 3.63) is 34.7 Å². The van der Waals surface area contributed by atoms with E-state index in [0.29, 0.717) is 10.9 Å². The number of nitrogens with zero attached hydrogens (tertiary/aromatic N) is 2. The van der Waals surface area contributed by atoms with Gasteiger partial charge in [-0.3, -0.25) is 9.59 Å². The minimum Gasteiger partial charge on any atom is -0.325 e. The SMILES string of the molecule is NS(=O)(=O)c1ccc(NC(=O)CSC2=NC(=O)C3C(=N2)SC2=C3CCCC2)cc1. The van der Waals surface area contributed by atoms with E-state index < -0.39 is 10.0 Å². The number of rotatable bonds is 4. The lowest BCUT2D eigenvalue weighted by molar-refractivity contribution is -0.119. The summed E-state index contributed by atoms with van der Waals surface area (Å²) in [6, 6.07) is 5.56. The molecule has 4 rings (SSSR count). The zero-order valence-electron chi connectivity index (χ0n) is 15.3. The van der Waals surface area contributed by atoms with Crippen LogP contribution >= 0.6 is 23.5 Å². The van der Waals surface area contributed by atoms with Crippen LogP contribution in [0.2, 0.25) is 0 Å². The van der Waals surface area contributed by atoms with E-state index in [9.17, 15) is 18.0 Å². The maximum Gasteiger partial charge on any atom is 0.262 e. The minimum atomic E-state index is -3.78. The average Bonchev–Trinajstić information content (AvgIpc) is 3.05. The molecule has 1 aromatic carbocycles. The number of carbonyl (C=O) groups excluding carboxylic acids is 2. The Bertz CT molecular complexity index is 1070. The second-order valence-electron chi connectivity index (χ2n) is 6.78. The highest BCUT2D eigenvalue weighted by Crippen LogP contribution is 2.47. The topological polar surface area (TPSA) is 131 Å². The predicted octanol–water partition coefficient (Wildman–Crippen LogP) is 2.49. The Kier molecular flexibility index (Phi) is 5.65. The molecule has 2 heterocycles. The van der Waals surface area contributed by atoms with Crippen LogP contribution in [0, 0.1) is 5.92 Å². The van der Waals surface area contributed by atoms with Crippen molar-refractivity contribution in [1.29, 1.82) is 0 Å². The Hall–Kier alpha value is -1.95. The number of allylic oxidation sites excluding steroid dienone is 1. The molecule has 0 spiro atoms. The van der Waals surface area contributed by atoms with Crippen LogP contribution in [0.5, 0.6) is 0 Å². The molecule has 0 saturated carbocycles. The first-order chi connectivity index (χ1) is 13.8. The fraction of sp³-hybridized carbons (Fsp3) is 0.333. The normalized spacial score (nSPS) is 21.3. The van der Waals surface area contributed by atoms with Crippen LogP contribution in [-0.4, -0.2) is 36.2 Å². The maximum absolute atomic E-state index is 12.5. The molecule has 3 N–H and O–H groups in total. The van der Waals surface area contributed by atoms with E-state index in [1.54, 1.807) is 11.8 Å². The molecule has 8 nitrogen and oxygen atoms in total. The largest absolute Gasteiger partial charge is 0.325 e.